The highest BCUT2D eigenvalue weighted by Crippen LogP contribution is 2.07. The van der Waals surface area contributed by atoms with Gasteiger partial charge in [-0.3, -0.25) is 5.10 Å². The summed E-state index contributed by atoms with van der Waals surface area (Å²) in [4.78, 5) is 3.99. The van der Waals surface area contributed by atoms with E-state index in [1.807, 2.05) is 0 Å². The molecule has 6 heteroatoms. The molecule has 0 atom stereocenters. The number of unbranched alkanes of at least 4 members (excludes halogenated alkanes) is 1. The minimum atomic E-state index is 0. The summed E-state index contributed by atoms with van der Waals surface area (Å²) in [6.45, 7) is 3.27. The van der Waals surface area contributed by atoms with Gasteiger partial charge in [0.05, 0.1) is 0 Å². The molecule has 0 aromatic carbocycles. The molecule has 0 saturated carbocycles. The van der Waals surface area contributed by atoms with Gasteiger partial charge in [0.15, 0.2) is 5.16 Å². The molecule has 2 N–H and O–H groups in total. The molecule has 0 aliphatic carbocycles. The van der Waals surface area contributed by atoms with Crippen LogP contribution in [0.3, 0.4) is 0 Å². The molecule has 0 saturated heterocycles. The SMILES string of the molecule is CCCCNCSc1ncn[nH]1.Cl. The average molecular weight is 223 g/mol. The van der Waals surface area contributed by atoms with E-state index in [1.165, 1.54) is 19.2 Å². The van der Waals surface area contributed by atoms with E-state index in [0.717, 1.165) is 17.6 Å². The third-order valence-electron chi connectivity index (χ3n) is 1.41. The van der Waals surface area contributed by atoms with Gasteiger partial charge in [-0.15, -0.1) is 12.4 Å². The van der Waals surface area contributed by atoms with Crippen molar-refractivity contribution in [1.82, 2.24) is 20.5 Å². The molecule has 0 amide bonds. The molecule has 76 valence electrons. The van der Waals surface area contributed by atoms with Gasteiger partial charge in [-0.1, -0.05) is 25.1 Å². The molecule has 1 aromatic heterocycles. The molecule has 0 spiro atoms. The highest BCUT2D eigenvalue weighted by molar-refractivity contribution is 7.99. The Morgan fingerprint density at radius 3 is 3.08 bits per heavy atom. The first-order valence-electron chi connectivity index (χ1n) is 4.12. The predicted octanol–water partition coefficient (Wildman–Crippen LogP) is 1.67. The Hall–Kier alpha value is -0.260. The second kappa shape index (κ2) is 8.34. The van der Waals surface area contributed by atoms with Crippen molar-refractivity contribution in [2.75, 3.05) is 12.4 Å². The molecule has 4 nitrogen and oxygen atoms in total. The molecule has 0 aliphatic rings. The fourth-order valence-corrected chi connectivity index (χ4v) is 1.38. The average Bonchev–Trinajstić information content (AvgIpc) is 2.57. The Labute approximate surface area is 88.7 Å². The molecule has 1 heterocycles. The van der Waals surface area contributed by atoms with E-state index in [9.17, 15) is 0 Å². The summed E-state index contributed by atoms with van der Waals surface area (Å²) in [6.07, 6.45) is 3.99. The third-order valence-corrected chi connectivity index (χ3v) is 2.23. The van der Waals surface area contributed by atoms with Crippen molar-refractivity contribution in [3.8, 4) is 0 Å². The van der Waals surface area contributed by atoms with Crippen molar-refractivity contribution >= 4 is 24.2 Å². The van der Waals surface area contributed by atoms with Crippen LogP contribution in [-0.4, -0.2) is 27.6 Å². The van der Waals surface area contributed by atoms with E-state index >= 15 is 0 Å². The maximum absolute atomic E-state index is 3.99. The van der Waals surface area contributed by atoms with Crippen molar-refractivity contribution < 1.29 is 0 Å². The number of hydrogen-bond acceptors (Lipinski definition) is 4. The van der Waals surface area contributed by atoms with Crippen LogP contribution >= 0.6 is 24.2 Å². The van der Waals surface area contributed by atoms with Crippen molar-refractivity contribution in [3.63, 3.8) is 0 Å². The quantitative estimate of drug-likeness (QED) is 0.437. The monoisotopic (exact) mass is 222 g/mol. The number of rotatable bonds is 6. The lowest BCUT2D eigenvalue weighted by molar-refractivity contribution is 0.699. The summed E-state index contributed by atoms with van der Waals surface area (Å²) in [6, 6.07) is 0. The van der Waals surface area contributed by atoms with E-state index in [0.29, 0.717) is 0 Å². The molecule has 0 unspecified atom stereocenters. The van der Waals surface area contributed by atoms with Gasteiger partial charge in [0.2, 0.25) is 0 Å². The lowest BCUT2D eigenvalue weighted by Crippen LogP contribution is -2.13. The van der Waals surface area contributed by atoms with E-state index in [-0.39, 0.29) is 12.4 Å². The normalized spacial score (nSPS) is 9.62. The van der Waals surface area contributed by atoms with Crippen molar-refractivity contribution in [2.24, 2.45) is 0 Å². The largest absolute Gasteiger partial charge is 0.307 e. The van der Waals surface area contributed by atoms with E-state index in [4.69, 9.17) is 0 Å². The van der Waals surface area contributed by atoms with E-state index < -0.39 is 0 Å². The summed E-state index contributed by atoms with van der Waals surface area (Å²) in [5.41, 5.74) is 0. The highest BCUT2D eigenvalue weighted by Gasteiger charge is 1.93. The van der Waals surface area contributed by atoms with Crippen molar-refractivity contribution in [2.45, 2.75) is 24.9 Å². The first kappa shape index (κ1) is 12.7. The smallest absolute Gasteiger partial charge is 0.184 e. The maximum Gasteiger partial charge on any atom is 0.184 e. The number of nitrogens with one attached hydrogen (secondary N) is 2. The van der Waals surface area contributed by atoms with Gasteiger partial charge in [0.25, 0.3) is 0 Å². The lowest BCUT2D eigenvalue weighted by Gasteiger charge is -1.99. The van der Waals surface area contributed by atoms with Gasteiger partial charge in [-0.05, 0) is 13.0 Å². The zero-order valence-electron chi connectivity index (χ0n) is 7.62. The van der Waals surface area contributed by atoms with Crippen LogP contribution in [0.25, 0.3) is 0 Å². The van der Waals surface area contributed by atoms with Crippen LogP contribution in [0.4, 0.5) is 0 Å². The van der Waals surface area contributed by atoms with Crippen molar-refractivity contribution in [1.29, 1.82) is 0 Å². The Balaban J connectivity index is 0.00000144. The second-order valence-corrected chi connectivity index (χ2v) is 3.40. The van der Waals surface area contributed by atoms with Crippen molar-refractivity contribution in [3.05, 3.63) is 6.33 Å². The fraction of sp³-hybridized carbons (Fsp3) is 0.714. The summed E-state index contributed by atoms with van der Waals surface area (Å²) in [7, 11) is 0. The zero-order chi connectivity index (χ0) is 8.65. The van der Waals surface area contributed by atoms with Gasteiger partial charge >= 0.3 is 0 Å². The van der Waals surface area contributed by atoms with Gasteiger partial charge in [-0.2, -0.15) is 5.10 Å². The van der Waals surface area contributed by atoms with Gasteiger partial charge in [0, 0.05) is 5.88 Å². The number of aromatic nitrogens is 3. The van der Waals surface area contributed by atoms with Crippen LogP contribution in [-0.2, 0) is 0 Å². The van der Waals surface area contributed by atoms with Crippen LogP contribution in [0.5, 0.6) is 0 Å². The fourth-order valence-electron chi connectivity index (χ4n) is 0.757. The molecule has 13 heavy (non-hydrogen) atoms. The first-order valence-corrected chi connectivity index (χ1v) is 5.11. The Kier molecular flexibility index (Phi) is 8.18. The molecular formula is C7H15ClN4S. The number of halogens is 1. The highest BCUT2D eigenvalue weighted by atomic mass is 35.5. The molecule has 1 rings (SSSR count). The van der Waals surface area contributed by atoms with Crippen LogP contribution in [0, 0.1) is 0 Å². The third kappa shape index (κ3) is 5.90. The molecule has 0 bridgehead atoms. The molecule has 1 aromatic rings. The summed E-state index contributed by atoms with van der Waals surface area (Å²) in [5, 5.41) is 10.7. The van der Waals surface area contributed by atoms with E-state index in [1.54, 1.807) is 11.8 Å². The Morgan fingerprint density at radius 1 is 1.62 bits per heavy atom. The number of aromatic amines is 1. The molecule has 0 aliphatic heterocycles. The maximum atomic E-state index is 3.99. The summed E-state index contributed by atoms with van der Waals surface area (Å²) >= 11 is 1.64. The number of thioether (sulfide) groups is 1. The minimum Gasteiger partial charge on any atom is -0.307 e. The molecule has 0 radical (unpaired) electrons. The standard InChI is InChI=1S/C7H14N4S.ClH/c1-2-3-4-8-6-12-7-9-5-10-11-7;/h5,8H,2-4,6H2,1H3,(H,9,10,11);1H. The number of nitrogens with zero attached hydrogens (tertiary/aromatic N) is 2. The molecule has 0 fully saturated rings. The number of H-pyrrole nitrogens is 1. The van der Waals surface area contributed by atoms with Crippen LogP contribution < -0.4 is 5.32 Å². The van der Waals surface area contributed by atoms with Gasteiger partial charge in [-0.25, -0.2) is 4.98 Å². The minimum absolute atomic E-state index is 0. The Morgan fingerprint density at radius 2 is 2.46 bits per heavy atom. The zero-order valence-corrected chi connectivity index (χ0v) is 9.25. The first-order chi connectivity index (χ1) is 5.93. The topological polar surface area (TPSA) is 53.6 Å². The lowest BCUT2D eigenvalue weighted by atomic mass is 10.3. The van der Waals surface area contributed by atoms with Gasteiger partial charge < -0.3 is 5.32 Å². The summed E-state index contributed by atoms with van der Waals surface area (Å²) in [5.74, 6) is 0.898. The van der Waals surface area contributed by atoms with Crippen LogP contribution in [0.1, 0.15) is 19.8 Å². The second-order valence-electron chi connectivity index (χ2n) is 2.43. The van der Waals surface area contributed by atoms with Crippen LogP contribution in [0.2, 0.25) is 0 Å². The van der Waals surface area contributed by atoms with E-state index in [2.05, 4.69) is 27.4 Å². The number of hydrogen-bond donors (Lipinski definition) is 2. The molecular weight excluding hydrogens is 208 g/mol. The van der Waals surface area contributed by atoms with Gasteiger partial charge in [0.1, 0.15) is 6.33 Å². The summed E-state index contributed by atoms with van der Waals surface area (Å²) < 4.78 is 0. The Bertz CT molecular complexity index is 192. The predicted molar refractivity (Wildman–Crippen MR) is 57.3 cm³/mol. The van der Waals surface area contributed by atoms with Crippen LogP contribution in [0.15, 0.2) is 11.5 Å².